The maximum absolute atomic E-state index is 13.2. The van der Waals surface area contributed by atoms with E-state index in [1.165, 1.54) is 34.4 Å². The van der Waals surface area contributed by atoms with Crippen LogP contribution in [0, 0.1) is 6.92 Å². The smallest absolute Gasteiger partial charge is 0.264 e. The van der Waals surface area contributed by atoms with Crippen LogP contribution in [0.3, 0.4) is 0 Å². The highest BCUT2D eigenvalue weighted by atomic mass is 32.2. The molecule has 126 valence electrons. The number of aryl methyl sites for hydroxylation is 1. The van der Waals surface area contributed by atoms with Gasteiger partial charge in [0.05, 0.1) is 15.4 Å². The molecule has 0 saturated heterocycles. The first-order valence-electron chi connectivity index (χ1n) is 8.05. The third-order valence-corrected chi connectivity index (χ3v) is 6.87. The molecule has 1 fully saturated rings. The Kier molecular flexibility index (Phi) is 4.26. The van der Waals surface area contributed by atoms with E-state index in [1.54, 1.807) is 24.2 Å². The van der Waals surface area contributed by atoms with Gasteiger partial charge >= 0.3 is 0 Å². The Labute approximate surface area is 147 Å². The number of hydrogen-bond acceptors (Lipinski definition) is 3. The molecule has 3 aromatic rings. The topological polar surface area (TPSA) is 27.8 Å². The van der Waals surface area contributed by atoms with Gasteiger partial charge in [0.1, 0.15) is 0 Å². The van der Waals surface area contributed by atoms with Gasteiger partial charge in [-0.3, -0.25) is 0 Å². The standard InChI is InChI=1S/C18H18F2N2S2/c1-10-9-21-17-13(6-5-12(16(10)17)18(19)20)22-24-15-8-7-14(23-15)11-3-2-4-11/h5-9,11,18,21-22H,2-4H2,1H3. The van der Waals surface area contributed by atoms with E-state index in [0.717, 1.165) is 22.7 Å². The second-order valence-corrected chi connectivity index (χ2v) is 8.44. The zero-order valence-electron chi connectivity index (χ0n) is 13.2. The van der Waals surface area contributed by atoms with E-state index in [9.17, 15) is 8.78 Å². The lowest BCUT2D eigenvalue weighted by atomic mass is 9.84. The highest BCUT2D eigenvalue weighted by molar-refractivity contribution is 8.02. The molecule has 0 spiro atoms. The van der Waals surface area contributed by atoms with Crippen molar-refractivity contribution >= 4 is 39.9 Å². The molecule has 1 aliphatic carbocycles. The predicted molar refractivity (Wildman–Crippen MR) is 98.4 cm³/mol. The summed E-state index contributed by atoms with van der Waals surface area (Å²) in [4.78, 5) is 4.58. The number of anilines is 1. The van der Waals surface area contributed by atoms with E-state index in [2.05, 4.69) is 21.8 Å². The van der Waals surface area contributed by atoms with Crippen molar-refractivity contribution in [3.8, 4) is 0 Å². The molecule has 24 heavy (non-hydrogen) atoms. The summed E-state index contributed by atoms with van der Waals surface area (Å²) in [6, 6.07) is 7.60. The maximum atomic E-state index is 13.2. The lowest BCUT2D eigenvalue weighted by Gasteiger charge is -2.23. The molecular formula is C18H18F2N2S2. The summed E-state index contributed by atoms with van der Waals surface area (Å²) in [5, 5.41) is 0.622. The average Bonchev–Trinajstić information content (AvgIpc) is 3.11. The highest BCUT2D eigenvalue weighted by Crippen LogP contribution is 2.42. The largest absolute Gasteiger partial charge is 0.359 e. The SMILES string of the molecule is Cc1c[nH]c2c(NSc3ccc(C4CCC4)s3)ccc(C(F)F)c12. The number of halogens is 2. The highest BCUT2D eigenvalue weighted by Gasteiger charge is 2.21. The van der Waals surface area contributed by atoms with Gasteiger partial charge in [-0.15, -0.1) is 11.3 Å². The molecule has 2 aromatic heterocycles. The van der Waals surface area contributed by atoms with Gasteiger partial charge in [-0.05, 0) is 61.4 Å². The van der Waals surface area contributed by atoms with Crippen LogP contribution in [0.4, 0.5) is 14.5 Å². The van der Waals surface area contributed by atoms with Gasteiger partial charge in [0.25, 0.3) is 6.43 Å². The second kappa shape index (κ2) is 6.41. The molecule has 0 unspecified atom stereocenters. The fourth-order valence-corrected chi connectivity index (χ4v) is 5.12. The first kappa shape index (κ1) is 16.0. The number of hydrogen-bond donors (Lipinski definition) is 2. The van der Waals surface area contributed by atoms with E-state index >= 15 is 0 Å². The molecule has 4 rings (SSSR count). The Morgan fingerprint density at radius 2 is 2.08 bits per heavy atom. The minimum absolute atomic E-state index is 0.0858. The number of fused-ring (bicyclic) bond motifs is 1. The molecule has 2 nitrogen and oxygen atoms in total. The summed E-state index contributed by atoms with van der Waals surface area (Å²) in [6.45, 7) is 1.85. The van der Waals surface area contributed by atoms with Crippen LogP contribution < -0.4 is 4.72 Å². The fourth-order valence-electron chi connectivity index (χ4n) is 3.12. The minimum Gasteiger partial charge on any atom is -0.359 e. The molecule has 6 heteroatoms. The third kappa shape index (κ3) is 2.82. The van der Waals surface area contributed by atoms with Crippen molar-refractivity contribution in [2.75, 3.05) is 4.72 Å². The lowest BCUT2D eigenvalue weighted by Crippen LogP contribution is -2.06. The molecule has 1 saturated carbocycles. The van der Waals surface area contributed by atoms with Gasteiger partial charge < -0.3 is 9.71 Å². The van der Waals surface area contributed by atoms with E-state index in [1.807, 2.05) is 18.3 Å². The van der Waals surface area contributed by atoms with Gasteiger partial charge in [-0.25, -0.2) is 8.78 Å². The summed E-state index contributed by atoms with van der Waals surface area (Å²) in [5.41, 5.74) is 2.51. The van der Waals surface area contributed by atoms with Gasteiger partial charge in [-0.1, -0.05) is 12.5 Å². The summed E-state index contributed by atoms with van der Waals surface area (Å²) in [6.07, 6.45) is 3.26. The van der Waals surface area contributed by atoms with E-state index in [-0.39, 0.29) is 5.56 Å². The molecule has 1 aromatic carbocycles. The second-order valence-electron chi connectivity index (χ2n) is 6.21. The van der Waals surface area contributed by atoms with Crippen LogP contribution in [0.15, 0.2) is 34.7 Å². The number of alkyl halides is 2. The van der Waals surface area contributed by atoms with Crippen molar-refractivity contribution in [1.29, 1.82) is 0 Å². The van der Waals surface area contributed by atoms with Crippen molar-refractivity contribution in [3.63, 3.8) is 0 Å². The zero-order chi connectivity index (χ0) is 16.7. The van der Waals surface area contributed by atoms with Gasteiger partial charge in [0.15, 0.2) is 0 Å². The van der Waals surface area contributed by atoms with E-state index < -0.39 is 6.43 Å². The Bertz CT molecular complexity index is 865. The molecule has 1 aliphatic rings. The van der Waals surface area contributed by atoms with Crippen LogP contribution in [0.2, 0.25) is 0 Å². The summed E-state index contributed by atoms with van der Waals surface area (Å²) >= 11 is 3.37. The van der Waals surface area contributed by atoms with Crippen LogP contribution in [0.25, 0.3) is 10.9 Å². The van der Waals surface area contributed by atoms with Crippen LogP contribution in [-0.2, 0) is 0 Å². The molecule has 0 amide bonds. The Morgan fingerprint density at radius 3 is 2.79 bits per heavy atom. The first-order chi connectivity index (χ1) is 11.6. The molecule has 2 N–H and O–H groups in total. The van der Waals surface area contributed by atoms with Gasteiger partial charge in [0.2, 0.25) is 0 Å². The van der Waals surface area contributed by atoms with Crippen molar-refractivity contribution in [2.24, 2.45) is 0 Å². The number of rotatable bonds is 5. The van der Waals surface area contributed by atoms with Gasteiger partial charge in [0, 0.05) is 22.0 Å². The maximum Gasteiger partial charge on any atom is 0.264 e. The average molecular weight is 364 g/mol. The zero-order valence-corrected chi connectivity index (χ0v) is 14.9. The molecule has 0 atom stereocenters. The first-order valence-corrected chi connectivity index (χ1v) is 9.68. The minimum atomic E-state index is -2.47. The Balaban J connectivity index is 1.56. The third-order valence-electron chi connectivity index (χ3n) is 4.67. The molecule has 0 aliphatic heterocycles. The normalized spacial score (nSPS) is 15.2. The molecule has 2 heterocycles. The monoisotopic (exact) mass is 364 g/mol. The number of aromatic nitrogens is 1. The summed E-state index contributed by atoms with van der Waals surface area (Å²) in [5.74, 6) is 0.743. The van der Waals surface area contributed by atoms with Crippen LogP contribution in [0.5, 0.6) is 0 Å². The number of aromatic amines is 1. The van der Waals surface area contributed by atoms with Crippen molar-refractivity contribution in [1.82, 2.24) is 4.98 Å². The number of H-pyrrole nitrogens is 1. The molecule has 0 bridgehead atoms. The summed E-state index contributed by atoms with van der Waals surface area (Å²) in [7, 11) is 0. The summed E-state index contributed by atoms with van der Waals surface area (Å²) < 4.78 is 31.0. The van der Waals surface area contributed by atoms with E-state index in [4.69, 9.17) is 0 Å². The Hall–Kier alpha value is -1.53. The van der Waals surface area contributed by atoms with Gasteiger partial charge in [-0.2, -0.15) is 0 Å². The van der Waals surface area contributed by atoms with E-state index in [0.29, 0.717) is 5.39 Å². The van der Waals surface area contributed by atoms with Crippen LogP contribution in [0.1, 0.15) is 47.6 Å². The van der Waals surface area contributed by atoms with Crippen LogP contribution >= 0.6 is 23.3 Å². The lowest BCUT2D eigenvalue weighted by molar-refractivity contribution is 0.153. The van der Waals surface area contributed by atoms with Crippen molar-refractivity contribution < 1.29 is 8.78 Å². The number of thiophene rings is 1. The number of nitrogens with one attached hydrogen (secondary N) is 2. The molecular weight excluding hydrogens is 346 g/mol. The quantitative estimate of drug-likeness (QED) is 0.484. The Morgan fingerprint density at radius 1 is 1.25 bits per heavy atom. The van der Waals surface area contributed by atoms with Crippen molar-refractivity contribution in [2.45, 2.75) is 42.7 Å². The number of benzene rings is 1. The molecule has 0 radical (unpaired) electrons. The predicted octanol–water partition coefficient (Wildman–Crippen LogP) is 6.86. The van der Waals surface area contributed by atoms with Crippen molar-refractivity contribution in [3.05, 3.63) is 46.5 Å². The van der Waals surface area contributed by atoms with Crippen LogP contribution in [-0.4, -0.2) is 4.98 Å². The fraction of sp³-hybridized carbons (Fsp3) is 0.333.